The van der Waals surface area contributed by atoms with Crippen molar-refractivity contribution in [1.29, 1.82) is 5.26 Å². The molecular formula is C28H20ClFNO2P. The first-order valence-corrected chi connectivity index (χ1v) is 12.7. The molecule has 0 heterocycles. The smallest absolute Gasteiger partial charge is 0.211 e. The average Bonchev–Trinajstić information content (AvgIpc) is 2.88. The molecule has 0 saturated carbocycles. The largest absolute Gasteiger partial charge is 0.484 e. The number of ether oxygens (including phenoxy) is 1. The van der Waals surface area contributed by atoms with Crippen LogP contribution in [0.4, 0.5) is 4.39 Å². The van der Waals surface area contributed by atoms with Gasteiger partial charge in [-0.15, -0.1) is 0 Å². The van der Waals surface area contributed by atoms with Crippen molar-refractivity contribution in [1.82, 2.24) is 0 Å². The zero-order valence-corrected chi connectivity index (χ0v) is 19.7. The fraction of sp³-hybridized carbons (Fsp3) is 0.0357. The molecule has 0 radical (unpaired) electrons. The summed E-state index contributed by atoms with van der Waals surface area (Å²) in [5.41, 5.74) is 0. The van der Waals surface area contributed by atoms with Gasteiger partial charge in [0, 0.05) is 0 Å². The lowest BCUT2D eigenvalue weighted by molar-refractivity contribution is -0.114. The van der Waals surface area contributed by atoms with Crippen LogP contribution in [0.25, 0.3) is 0 Å². The van der Waals surface area contributed by atoms with E-state index in [-0.39, 0.29) is 16.1 Å². The highest BCUT2D eigenvalue weighted by Crippen LogP contribution is 2.46. The van der Waals surface area contributed by atoms with Gasteiger partial charge in [0.05, 0.1) is 5.02 Å². The molecule has 168 valence electrons. The number of rotatable bonds is 7. The van der Waals surface area contributed by atoms with Crippen LogP contribution < -0.4 is 20.7 Å². The summed E-state index contributed by atoms with van der Waals surface area (Å²) in [5, 5.41) is 13.2. The summed E-state index contributed by atoms with van der Waals surface area (Å²) in [4.78, 5) is 13.6. The summed E-state index contributed by atoms with van der Waals surface area (Å²) in [7, 11) is 0. The summed E-state index contributed by atoms with van der Waals surface area (Å²) in [5.74, 6) is -0.778. The Morgan fingerprint density at radius 2 is 1.29 bits per heavy atom. The molecule has 6 heteroatoms. The van der Waals surface area contributed by atoms with E-state index >= 15 is 0 Å². The number of hydrogen-bond acceptors (Lipinski definition) is 3. The molecule has 0 unspecified atom stereocenters. The molecule has 34 heavy (non-hydrogen) atoms. The van der Waals surface area contributed by atoms with Crippen molar-refractivity contribution in [2.75, 3.05) is 6.61 Å². The summed E-state index contributed by atoms with van der Waals surface area (Å²) in [6.45, 7) is -3.23. The first kappa shape index (κ1) is 23.5. The molecule has 0 atom stereocenters. The fourth-order valence-corrected chi connectivity index (χ4v) is 8.26. The van der Waals surface area contributed by atoms with Crippen LogP contribution in [0.3, 0.4) is 0 Å². The number of nitriles is 1. The maximum absolute atomic E-state index is 13.6. The maximum Gasteiger partial charge on any atom is 0.211 e. The van der Waals surface area contributed by atoms with E-state index in [4.69, 9.17) is 16.3 Å². The SMILES string of the molecule is N#CC(C(=O)COc1ccc(F)cc1Cl)=P(c1ccccc1)(c1ccccc1)c1ccccc1. The topological polar surface area (TPSA) is 50.1 Å². The fourth-order valence-electron chi connectivity index (χ4n) is 3.92. The molecule has 0 aliphatic heterocycles. The standard InChI is InChI=1S/C28H20ClFNO2P/c29-25-18-21(30)16-17-27(25)33-20-26(32)28(19-31)34(22-10-4-1-5-11-22,23-12-6-2-7-13-23)24-14-8-3-9-15-24/h1-18H,20H2. The normalized spacial score (nSPS) is 10.9. The molecule has 0 aliphatic rings. The maximum atomic E-state index is 13.6. The van der Waals surface area contributed by atoms with Gasteiger partial charge in [-0.05, 0) is 41.0 Å². The highest BCUT2D eigenvalue weighted by molar-refractivity contribution is 7.96. The minimum absolute atomic E-state index is 0.0570. The molecule has 4 aromatic rings. The highest BCUT2D eigenvalue weighted by atomic mass is 35.5. The predicted molar refractivity (Wildman–Crippen MR) is 138 cm³/mol. The van der Waals surface area contributed by atoms with Crippen LogP contribution in [-0.4, -0.2) is 17.7 Å². The molecule has 0 amide bonds. The molecule has 0 saturated heterocycles. The van der Waals surface area contributed by atoms with Crippen LogP contribution in [0.15, 0.2) is 109 Å². The summed E-state index contributed by atoms with van der Waals surface area (Å²) < 4.78 is 19.0. The third-order valence-corrected chi connectivity index (χ3v) is 9.92. The van der Waals surface area contributed by atoms with Crippen molar-refractivity contribution in [2.45, 2.75) is 0 Å². The van der Waals surface area contributed by atoms with Gasteiger partial charge in [-0.25, -0.2) is 4.39 Å². The number of nitrogens with zero attached hydrogens (tertiary/aromatic N) is 1. The van der Waals surface area contributed by atoms with E-state index in [9.17, 15) is 14.4 Å². The molecule has 0 spiro atoms. The van der Waals surface area contributed by atoms with E-state index in [0.717, 1.165) is 22.0 Å². The molecule has 3 nitrogen and oxygen atoms in total. The van der Waals surface area contributed by atoms with Crippen LogP contribution >= 0.6 is 18.5 Å². The van der Waals surface area contributed by atoms with E-state index in [1.807, 2.05) is 91.0 Å². The molecule has 0 aliphatic carbocycles. The zero-order chi connectivity index (χ0) is 24.0. The van der Waals surface area contributed by atoms with Gasteiger partial charge in [-0.1, -0.05) is 103 Å². The van der Waals surface area contributed by atoms with E-state index in [1.165, 1.54) is 12.1 Å². The van der Waals surface area contributed by atoms with E-state index in [1.54, 1.807) is 0 Å². The van der Waals surface area contributed by atoms with Gasteiger partial charge in [0.2, 0.25) is 5.78 Å². The third-order valence-electron chi connectivity index (χ3n) is 5.39. The van der Waals surface area contributed by atoms with Crippen molar-refractivity contribution >= 4 is 45.5 Å². The zero-order valence-electron chi connectivity index (χ0n) is 18.1. The Labute approximate surface area is 203 Å². The van der Waals surface area contributed by atoms with Crippen LogP contribution in [0, 0.1) is 17.1 Å². The second-order valence-corrected chi connectivity index (χ2v) is 11.2. The number of hydrogen-bond donors (Lipinski definition) is 0. The molecular weight excluding hydrogens is 468 g/mol. The number of Topliss-reactive ketones (excluding diaryl/α,β-unsaturated/α-hetero) is 1. The summed E-state index contributed by atoms with van der Waals surface area (Å²) in [6, 6.07) is 34.8. The van der Waals surface area contributed by atoms with Crippen LogP contribution in [0.5, 0.6) is 5.75 Å². The number of carbonyl (C=O) groups excluding carboxylic acids is 1. The summed E-state index contributed by atoms with van der Waals surface area (Å²) >= 11 is 6.06. The van der Waals surface area contributed by atoms with Gasteiger partial charge < -0.3 is 4.74 Å². The molecule has 0 bridgehead atoms. The van der Waals surface area contributed by atoms with Crippen molar-refractivity contribution in [3.63, 3.8) is 0 Å². The Morgan fingerprint density at radius 3 is 1.71 bits per heavy atom. The molecule has 4 aromatic carbocycles. The highest BCUT2D eigenvalue weighted by Gasteiger charge is 2.33. The molecule has 0 fully saturated rings. The molecule has 0 aromatic heterocycles. The Bertz CT molecular complexity index is 1300. The molecule has 4 rings (SSSR count). The van der Waals surface area contributed by atoms with Gasteiger partial charge >= 0.3 is 0 Å². The van der Waals surface area contributed by atoms with Gasteiger partial charge in [0.25, 0.3) is 0 Å². The minimum atomic E-state index is -2.83. The van der Waals surface area contributed by atoms with E-state index in [0.29, 0.717) is 0 Å². The van der Waals surface area contributed by atoms with Crippen molar-refractivity contribution in [2.24, 2.45) is 0 Å². The summed E-state index contributed by atoms with van der Waals surface area (Å²) in [6.07, 6.45) is 0. The number of carbonyl (C=O) groups is 1. The Morgan fingerprint density at radius 1 is 0.824 bits per heavy atom. The van der Waals surface area contributed by atoms with Crippen LogP contribution in [0.2, 0.25) is 5.02 Å². The van der Waals surface area contributed by atoms with Crippen LogP contribution in [-0.2, 0) is 4.79 Å². The lowest BCUT2D eigenvalue weighted by Gasteiger charge is -2.30. The first-order chi connectivity index (χ1) is 16.6. The lowest BCUT2D eigenvalue weighted by atomic mass is 10.3. The van der Waals surface area contributed by atoms with Gasteiger partial charge in [-0.3, -0.25) is 4.79 Å². The quantitative estimate of drug-likeness (QED) is 0.340. The average molecular weight is 488 g/mol. The second kappa shape index (κ2) is 10.5. The minimum Gasteiger partial charge on any atom is -0.484 e. The van der Waals surface area contributed by atoms with E-state index in [2.05, 4.69) is 6.07 Å². The monoisotopic (exact) mass is 487 g/mol. The van der Waals surface area contributed by atoms with Gasteiger partial charge in [0.15, 0.2) is 6.61 Å². The Kier molecular flexibility index (Phi) is 7.28. The van der Waals surface area contributed by atoms with Gasteiger partial charge in [0.1, 0.15) is 22.9 Å². The van der Waals surface area contributed by atoms with Crippen molar-refractivity contribution in [3.8, 4) is 11.8 Å². The van der Waals surface area contributed by atoms with E-state index < -0.39 is 25.1 Å². The van der Waals surface area contributed by atoms with Crippen molar-refractivity contribution in [3.05, 3.63) is 120 Å². The lowest BCUT2D eigenvalue weighted by Crippen LogP contribution is -2.34. The number of halogens is 2. The number of benzene rings is 4. The third kappa shape index (κ3) is 4.54. The molecule has 0 N–H and O–H groups in total. The predicted octanol–water partition coefficient (Wildman–Crippen LogP) is 5.12. The van der Waals surface area contributed by atoms with Crippen molar-refractivity contribution < 1.29 is 13.9 Å². The number of ketones is 1. The Hall–Kier alpha value is -3.64. The second-order valence-electron chi connectivity index (χ2n) is 7.42. The first-order valence-electron chi connectivity index (χ1n) is 10.5. The Balaban J connectivity index is 1.96. The van der Waals surface area contributed by atoms with Crippen LogP contribution in [0.1, 0.15) is 0 Å². The van der Waals surface area contributed by atoms with Gasteiger partial charge in [-0.2, -0.15) is 5.26 Å².